The van der Waals surface area contributed by atoms with Crippen LogP contribution in [0.25, 0.3) is 0 Å². The van der Waals surface area contributed by atoms with Gasteiger partial charge in [0.25, 0.3) is 0 Å². The van der Waals surface area contributed by atoms with E-state index in [4.69, 9.17) is 14.0 Å². The van der Waals surface area contributed by atoms with Crippen molar-refractivity contribution >= 4 is 0 Å². The van der Waals surface area contributed by atoms with E-state index in [1.54, 1.807) is 7.11 Å². The number of rotatable bonds is 4. The first-order chi connectivity index (χ1) is 9.86. The van der Waals surface area contributed by atoms with E-state index in [0.717, 1.165) is 24.5 Å². The number of para-hydroxylation sites is 1. The largest absolute Gasteiger partial charge is 0.496 e. The number of ether oxygens (including phenoxy) is 2. The van der Waals surface area contributed by atoms with Crippen LogP contribution in [0.3, 0.4) is 0 Å². The lowest BCUT2D eigenvalue weighted by molar-refractivity contribution is 0.0734. The van der Waals surface area contributed by atoms with Gasteiger partial charge >= 0.3 is 0 Å². The van der Waals surface area contributed by atoms with Crippen molar-refractivity contribution < 1.29 is 14.0 Å². The van der Waals surface area contributed by atoms with Gasteiger partial charge in [-0.2, -0.15) is 4.98 Å². The van der Waals surface area contributed by atoms with Gasteiger partial charge in [0.2, 0.25) is 5.89 Å². The number of morpholine rings is 1. The topological polar surface area (TPSA) is 69.4 Å². The predicted molar refractivity (Wildman–Crippen MR) is 71.7 cm³/mol. The number of hydrogen-bond acceptors (Lipinski definition) is 6. The molecule has 0 spiro atoms. The third-order valence-corrected chi connectivity index (χ3v) is 3.25. The third kappa shape index (κ3) is 2.81. The SMILES string of the molecule is COc1ccccc1Cc1nc(C2COCCN2)no1. The van der Waals surface area contributed by atoms with Crippen molar-refractivity contribution in [3.63, 3.8) is 0 Å². The summed E-state index contributed by atoms with van der Waals surface area (Å²) in [6.07, 6.45) is 0.560. The number of nitrogens with zero attached hydrogens (tertiary/aromatic N) is 2. The molecule has 1 unspecified atom stereocenters. The molecule has 6 nitrogen and oxygen atoms in total. The van der Waals surface area contributed by atoms with Crippen LogP contribution in [-0.2, 0) is 11.2 Å². The Morgan fingerprint density at radius 1 is 1.40 bits per heavy atom. The molecule has 1 atom stereocenters. The average Bonchev–Trinajstić information content (AvgIpc) is 2.97. The molecule has 1 aromatic carbocycles. The quantitative estimate of drug-likeness (QED) is 0.907. The summed E-state index contributed by atoms with van der Waals surface area (Å²) in [5.41, 5.74) is 1.03. The standard InChI is InChI=1S/C14H17N3O3/c1-18-12-5-3-2-4-10(12)8-13-16-14(17-20-13)11-9-19-7-6-15-11/h2-5,11,15H,6-9H2,1H3. The Kier molecular flexibility index (Phi) is 3.94. The van der Waals surface area contributed by atoms with Crippen molar-refractivity contribution in [3.8, 4) is 5.75 Å². The summed E-state index contributed by atoms with van der Waals surface area (Å²) in [5.74, 6) is 2.05. The Bertz CT molecular complexity index is 564. The van der Waals surface area contributed by atoms with Crippen molar-refractivity contribution in [2.45, 2.75) is 12.5 Å². The van der Waals surface area contributed by atoms with Gasteiger partial charge in [0.1, 0.15) is 5.75 Å². The first-order valence-corrected chi connectivity index (χ1v) is 6.62. The normalized spacial score (nSPS) is 18.9. The van der Waals surface area contributed by atoms with E-state index in [-0.39, 0.29) is 6.04 Å². The first-order valence-electron chi connectivity index (χ1n) is 6.62. The van der Waals surface area contributed by atoms with Gasteiger partial charge in [-0.05, 0) is 6.07 Å². The maximum Gasteiger partial charge on any atom is 0.231 e. The van der Waals surface area contributed by atoms with Crippen molar-refractivity contribution in [1.29, 1.82) is 0 Å². The van der Waals surface area contributed by atoms with Crippen LogP contribution in [0.5, 0.6) is 5.75 Å². The molecule has 0 aliphatic carbocycles. The number of benzene rings is 1. The summed E-state index contributed by atoms with van der Waals surface area (Å²) in [4.78, 5) is 4.43. The van der Waals surface area contributed by atoms with Crippen molar-refractivity contribution in [1.82, 2.24) is 15.5 Å². The molecule has 0 bridgehead atoms. The minimum atomic E-state index is 0.0129. The lowest BCUT2D eigenvalue weighted by Gasteiger charge is -2.20. The van der Waals surface area contributed by atoms with E-state index >= 15 is 0 Å². The smallest absolute Gasteiger partial charge is 0.231 e. The zero-order valence-corrected chi connectivity index (χ0v) is 11.3. The molecule has 0 amide bonds. The molecule has 1 fully saturated rings. The molecule has 1 saturated heterocycles. The fourth-order valence-corrected chi connectivity index (χ4v) is 2.22. The highest BCUT2D eigenvalue weighted by Crippen LogP contribution is 2.21. The van der Waals surface area contributed by atoms with Crippen LogP contribution in [0.2, 0.25) is 0 Å². The van der Waals surface area contributed by atoms with E-state index < -0.39 is 0 Å². The number of aromatic nitrogens is 2. The fraction of sp³-hybridized carbons (Fsp3) is 0.429. The maximum atomic E-state index is 5.40. The molecule has 106 valence electrons. The second kappa shape index (κ2) is 6.02. The van der Waals surface area contributed by atoms with E-state index in [1.165, 1.54) is 0 Å². The van der Waals surface area contributed by atoms with Crippen molar-refractivity contribution in [2.24, 2.45) is 0 Å². The van der Waals surface area contributed by atoms with Gasteiger partial charge < -0.3 is 19.3 Å². The minimum absolute atomic E-state index is 0.0129. The van der Waals surface area contributed by atoms with Crippen LogP contribution in [0.1, 0.15) is 23.3 Å². The molecule has 20 heavy (non-hydrogen) atoms. The van der Waals surface area contributed by atoms with Crippen LogP contribution < -0.4 is 10.1 Å². The summed E-state index contributed by atoms with van der Waals surface area (Å²) < 4.78 is 16.0. The summed E-state index contributed by atoms with van der Waals surface area (Å²) in [6.45, 7) is 2.11. The first kappa shape index (κ1) is 13.1. The Labute approximate surface area is 117 Å². The van der Waals surface area contributed by atoms with Gasteiger partial charge in [0.05, 0.1) is 32.8 Å². The highest BCUT2D eigenvalue weighted by Gasteiger charge is 2.21. The molecule has 1 N–H and O–H groups in total. The van der Waals surface area contributed by atoms with E-state index in [9.17, 15) is 0 Å². The number of hydrogen-bond donors (Lipinski definition) is 1. The van der Waals surface area contributed by atoms with Gasteiger partial charge in [-0.15, -0.1) is 0 Å². The highest BCUT2D eigenvalue weighted by atomic mass is 16.5. The van der Waals surface area contributed by atoms with Gasteiger partial charge in [-0.25, -0.2) is 0 Å². The molecule has 1 aliphatic rings. The highest BCUT2D eigenvalue weighted by molar-refractivity contribution is 5.34. The molecule has 1 aromatic heterocycles. The van der Waals surface area contributed by atoms with Crippen LogP contribution >= 0.6 is 0 Å². The Hall–Kier alpha value is -1.92. The number of methoxy groups -OCH3 is 1. The number of nitrogens with one attached hydrogen (secondary N) is 1. The molecular formula is C14H17N3O3. The lowest BCUT2D eigenvalue weighted by Crippen LogP contribution is -2.35. The second-order valence-corrected chi connectivity index (χ2v) is 4.62. The van der Waals surface area contributed by atoms with Gasteiger partial charge in [-0.3, -0.25) is 0 Å². The summed E-state index contributed by atoms with van der Waals surface area (Å²) in [6, 6.07) is 7.82. The second-order valence-electron chi connectivity index (χ2n) is 4.62. The zero-order valence-electron chi connectivity index (χ0n) is 11.3. The Balaban J connectivity index is 1.73. The Morgan fingerprint density at radius 3 is 3.10 bits per heavy atom. The van der Waals surface area contributed by atoms with E-state index in [1.807, 2.05) is 24.3 Å². The van der Waals surface area contributed by atoms with Gasteiger partial charge in [0, 0.05) is 12.1 Å². The van der Waals surface area contributed by atoms with Crippen LogP contribution in [-0.4, -0.2) is 37.0 Å². The molecule has 2 heterocycles. The van der Waals surface area contributed by atoms with E-state index in [0.29, 0.717) is 24.7 Å². The summed E-state index contributed by atoms with van der Waals surface area (Å²) in [7, 11) is 1.65. The lowest BCUT2D eigenvalue weighted by atomic mass is 10.1. The summed E-state index contributed by atoms with van der Waals surface area (Å²) >= 11 is 0. The van der Waals surface area contributed by atoms with Gasteiger partial charge in [0.15, 0.2) is 5.82 Å². The monoisotopic (exact) mass is 275 g/mol. The molecule has 0 radical (unpaired) electrons. The average molecular weight is 275 g/mol. The van der Waals surface area contributed by atoms with E-state index in [2.05, 4.69) is 15.5 Å². The molecule has 0 saturated carbocycles. The van der Waals surface area contributed by atoms with Crippen LogP contribution in [0, 0.1) is 0 Å². The maximum absolute atomic E-state index is 5.40. The van der Waals surface area contributed by atoms with Crippen LogP contribution in [0.4, 0.5) is 0 Å². The van der Waals surface area contributed by atoms with Crippen LogP contribution in [0.15, 0.2) is 28.8 Å². The summed E-state index contributed by atoms with van der Waals surface area (Å²) in [5, 5.41) is 7.32. The molecule has 6 heteroatoms. The third-order valence-electron chi connectivity index (χ3n) is 3.25. The van der Waals surface area contributed by atoms with Crippen molar-refractivity contribution in [3.05, 3.63) is 41.5 Å². The molecule has 2 aromatic rings. The molecule has 3 rings (SSSR count). The molecule has 1 aliphatic heterocycles. The predicted octanol–water partition coefficient (Wildman–Crippen LogP) is 1.33. The Morgan fingerprint density at radius 2 is 2.30 bits per heavy atom. The zero-order chi connectivity index (χ0) is 13.8. The minimum Gasteiger partial charge on any atom is -0.496 e. The molecular weight excluding hydrogens is 258 g/mol. The fourth-order valence-electron chi connectivity index (χ4n) is 2.22. The van der Waals surface area contributed by atoms with Gasteiger partial charge in [-0.1, -0.05) is 23.4 Å². The van der Waals surface area contributed by atoms with Crippen molar-refractivity contribution in [2.75, 3.05) is 26.9 Å².